The van der Waals surface area contributed by atoms with Crippen molar-refractivity contribution in [1.82, 2.24) is 14.7 Å². The minimum Gasteiger partial charge on any atom is -0.392 e. The number of aliphatic hydroxyl groups excluding tert-OH is 1. The molecule has 1 atom stereocenters. The van der Waals surface area contributed by atoms with Gasteiger partial charge in [-0.1, -0.05) is 18.2 Å². The van der Waals surface area contributed by atoms with E-state index in [2.05, 4.69) is 5.32 Å². The molecule has 6 nitrogen and oxygen atoms in total. The molecule has 2 N–H and O–H groups in total. The van der Waals surface area contributed by atoms with Crippen LogP contribution in [0.25, 0.3) is 5.69 Å². The van der Waals surface area contributed by atoms with E-state index < -0.39 is 0 Å². The predicted octanol–water partition coefficient (Wildman–Crippen LogP) is 2.14. The van der Waals surface area contributed by atoms with Gasteiger partial charge in [-0.15, -0.1) is 0 Å². The van der Waals surface area contributed by atoms with Gasteiger partial charge in [-0.3, -0.25) is 9.69 Å². The fraction of sp³-hybridized carbons (Fsp3) is 0.474. The number of aliphatic hydroxyl groups is 1. The van der Waals surface area contributed by atoms with Crippen molar-refractivity contribution in [3.63, 3.8) is 0 Å². The fourth-order valence-electron chi connectivity index (χ4n) is 3.39. The topological polar surface area (TPSA) is 70.4 Å². The highest BCUT2D eigenvalue weighted by Gasteiger charge is 2.28. The molecule has 2 aromatic rings. The number of anilines is 1. The molecule has 25 heavy (non-hydrogen) atoms. The average Bonchev–Trinajstić information content (AvgIpc) is 3.37. The first-order valence-corrected chi connectivity index (χ1v) is 9.05. The van der Waals surface area contributed by atoms with Crippen molar-refractivity contribution in [1.29, 1.82) is 0 Å². The number of nitrogens with zero attached hydrogens (tertiary/aromatic N) is 3. The second kappa shape index (κ2) is 6.98. The number of para-hydroxylation sites is 1. The van der Waals surface area contributed by atoms with E-state index in [1.165, 1.54) is 12.8 Å². The molecule has 2 heterocycles. The molecule has 1 aromatic heterocycles. The number of aromatic nitrogens is 2. The largest absolute Gasteiger partial charge is 0.392 e. The minimum atomic E-state index is -0.321. The van der Waals surface area contributed by atoms with Gasteiger partial charge >= 0.3 is 0 Å². The van der Waals surface area contributed by atoms with Crippen LogP contribution in [0.15, 0.2) is 36.4 Å². The van der Waals surface area contributed by atoms with E-state index in [-0.39, 0.29) is 12.0 Å². The summed E-state index contributed by atoms with van der Waals surface area (Å²) in [6.07, 6.45) is 3.78. The lowest BCUT2D eigenvalue weighted by atomic mass is 10.1. The molecule has 132 valence electrons. The molecule has 4 rings (SSSR count). The predicted molar refractivity (Wildman–Crippen MR) is 95.8 cm³/mol. The summed E-state index contributed by atoms with van der Waals surface area (Å²) >= 11 is 0. The molecule has 1 aliphatic heterocycles. The van der Waals surface area contributed by atoms with Gasteiger partial charge in [-0.2, -0.15) is 5.10 Å². The van der Waals surface area contributed by atoms with Gasteiger partial charge in [0, 0.05) is 18.5 Å². The van der Waals surface area contributed by atoms with Gasteiger partial charge in [0.25, 0.3) is 0 Å². The van der Waals surface area contributed by atoms with Crippen molar-refractivity contribution in [3.8, 4) is 5.69 Å². The number of likely N-dealkylation sites (tertiary alicyclic amines) is 1. The van der Waals surface area contributed by atoms with Crippen molar-refractivity contribution in [2.24, 2.45) is 0 Å². The van der Waals surface area contributed by atoms with Crippen LogP contribution in [0.4, 0.5) is 5.82 Å². The number of carbonyl (C=O) groups is 1. The normalized spacial score (nSPS) is 21.2. The van der Waals surface area contributed by atoms with E-state index in [1.54, 1.807) is 0 Å². The van der Waals surface area contributed by atoms with Gasteiger partial charge in [-0.05, 0) is 44.4 Å². The van der Waals surface area contributed by atoms with E-state index >= 15 is 0 Å². The van der Waals surface area contributed by atoms with Gasteiger partial charge in [0.05, 0.1) is 24.0 Å². The Morgan fingerprint density at radius 2 is 2.04 bits per heavy atom. The molecule has 0 radical (unpaired) electrons. The van der Waals surface area contributed by atoms with E-state index in [0.29, 0.717) is 19.0 Å². The van der Waals surface area contributed by atoms with Crippen molar-refractivity contribution in [2.45, 2.75) is 37.7 Å². The second-order valence-electron chi connectivity index (χ2n) is 7.06. The second-order valence-corrected chi connectivity index (χ2v) is 7.06. The standard InChI is InChI=1S/C19H24N4O2/c24-16-7-4-10-22(12-16)13-19(25)20-18-11-17(14-8-9-14)21-23(18)15-5-2-1-3-6-15/h1-3,5-6,11,14,16,24H,4,7-10,12-13H2,(H,20,25). The number of rotatable bonds is 5. The van der Waals surface area contributed by atoms with E-state index in [0.717, 1.165) is 36.6 Å². The zero-order valence-electron chi connectivity index (χ0n) is 14.3. The zero-order chi connectivity index (χ0) is 17.2. The van der Waals surface area contributed by atoms with Crippen LogP contribution in [0.5, 0.6) is 0 Å². The lowest BCUT2D eigenvalue weighted by Gasteiger charge is -2.29. The third-order valence-electron chi connectivity index (χ3n) is 4.84. The number of hydrogen-bond acceptors (Lipinski definition) is 4. The highest BCUT2D eigenvalue weighted by molar-refractivity contribution is 5.91. The van der Waals surface area contributed by atoms with Gasteiger partial charge in [-0.25, -0.2) is 4.68 Å². The Morgan fingerprint density at radius 3 is 2.76 bits per heavy atom. The van der Waals surface area contributed by atoms with Crippen molar-refractivity contribution in [3.05, 3.63) is 42.1 Å². The summed E-state index contributed by atoms with van der Waals surface area (Å²) in [7, 11) is 0. The summed E-state index contributed by atoms with van der Waals surface area (Å²) in [5.41, 5.74) is 1.99. The first-order chi connectivity index (χ1) is 12.2. The molecule has 1 saturated heterocycles. The maximum absolute atomic E-state index is 12.5. The number of carbonyl (C=O) groups excluding carboxylic acids is 1. The lowest BCUT2D eigenvalue weighted by Crippen LogP contribution is -2.42. The van der Waals surface area contributed by atoms with Gasteiger partial charge in [0.15, 0.2) is 0 Å². The average molecular weight is 340 g/mol. The third-order valence-corrected chi connectivity index (χ3v) is 4.84. The summed E-state index contributed by atoms with van der Waals surface area (Å²) in [6.45, 7) is 1.73. The van der Waals surface area contributed by atoms with Crippen LogP contribution in [0.2, 0.25) is 0 Å². The van der Waals surface area contributed by atoms with E-state index in [4.69, 9.17) is 5.10 Å². The smallest absolute Gasteiger partial charge is 0.239 e. The molecule has 2 fully saturated rings. The Labute approximate surface area is 147 Å². The monoisotopic (exact) mass is 340 g/mol. The molecular formula is C19H24N4O2. The number of nitrogens with one attached hydrogen (secondary N) is 1. The highest BCUT2D eigenvalue weighted by atomic mass is 16.3. The molecule has 1 aromatic carbocycles. The van der Waals surface area contributed by atoms with Crippen LogP contribution in [0.3, 0.4) is 0 Å². The summed E-state index contributed by atoms with van der Waals surface area (Å²) < 4.78 is 1.82. The molecule has 1 unspecified atom stereocenters. The quantitative estimate of drug-likeness (QED) is 0.875. The first kappa shape index (κ1) is 16.3. The van der Waals surface area contributed by atoms with Gasteiger partial charge in [0.2, 0.25) is 5.91 Å². The van der Waals surface area contributed by atoms with Crippen LogP contribution in [0, 0.1) is 0 Å². The highest BCUT2D eigenvalue weighted by Crippen LogP contribution is 2.40. The summed E-state index contributed by atoms with van der Waals surface area (Å²) in [5, 5.41) is 17.5. The van der Waals surface area contributed by atoms with Crippen LogP contribution in [-0.4, -0.2) is 51.4 Å². The SMILES string of the molecule is O=C(CN1CCCC(O)C1)Nc1cc(C2CC2)nn1-c1ccccc1. The molecule has 6 heteroatoms. The van der Waals surface area contributed by atoms with Gasteiger partial charge < -0.3 is 10.4 Å². The maximum atomic E-state index is 12.5. The molecule has 0 spiro atoms. The number of piperidine rings is 1. The van der Waals surface area contributed by atoms with Gasteiger partial charge in [0.1, 0.15) is 5.82 Å². The Bertz CT molecular complexity index is 739. The lowest BCUT2D eigenvalue weighted by molar-refractivity contribution is -0.118. The van der Waals surface area contributed by atoms with Crippen molar-refractivity contribution in [2.75, 3.05) is 25.0 Å². The van der Waals surface area contributed by atoms with Crippen LogP contribution < -0.4 is 5.32 Å². The summed E-state index contributed by atoms with van der Waals surface area (Å²) in [6, 6.07) is 11.9. The molecule has 1 saturated carbocycles. The fourth-order valence-corrected chi connectivity index (χ4v) is 3.39. The van der Waals surface area contributed by atoms with Crippen LogP contribution in [-0.2, 0) is 4.79 Å². The summed E-state index contributed by atoms with van der Waals surface area (Å²) in [4.78, 5) is 14.5. The summed E-state index contributed by atoms with van der Waals surface area (Å²) in [5.74, 6) is 1.18. The molecule has 0 bridgehead atoms. The Kier molecular flexibility index (Phi) is 4.55. The first-order valence-electron chi connectivity index (χ1n) is 9.05. The van der Waals surface area contributed by atoms with E-state index in [9.17, 15) is 9.90 Å². The van der Waals surface area contributed by atoms with Crippen molar-refractivity contribution < 1.29 is 9.90 Å². The number of benzene rings is 1. The molecule has 2 aliphatic rings. The van der Waals surface area contributed by atoms with E-state index in [1.807, 2.05) is 46.0 Å². The molecule has 1 aliphatic carbocycles. The Hall–Kier alpha value is -2.18. The number of β-amino-alcohol motifs (C(OH)–C–C–N with tert-alkyl or cyclic N) is 1. The van der Waals surface area contributed by atoms with Crippen LogP contribution in [0.1, 0.15) is 37.3 Å². The maximum Gasteiger partial charge on any atom is 0.239 e. The van der Waals surface area contributed by atoms with Crippen LogP contribution >= 0.6 is 0 Å². The number of hydrogen-bond donors (Lipinski definition) is 2. The van der Waals surface area contributed by atoms with Crippen molar-refractivity contribution >= 4 is 11.7 Å². The zero-order valence-corrected chi connectivity index (χ0v) is 14.3. The minimum absolute atomic E-state index is 0.0615. The third kappa shape index (κ3) is 3.91. The molecule has 1 amide bonds. The molecular weight excluding hydrogens is 316 g/mol. The Balaban J connectivity index is 1.50. The number of amides is 1. The Morgan fingerprint density at radius 1 is 1.24 bits per heavy atom.